The maximum atomic E-state index is 12.4. The van der Waals surface area contributed by atoms with Crippen LogP contribution >= 0.6 is 0 Å². The largest absolute Gasteiger partial charge is 0.399 e. The molecule has 0 radical (unpaired) electrons. The van der Waals surface area contributed by atoms with E-state index in [-0.39, 0.29) is 0 Å². The molecule has 1 aliphatic heterocycles. The van der Waals surface area contributed by atoms with E-state index in [0.717, 1.165) is 16.8 Å². The molecule has 2 aromatic carbocycles. The van der Waals surface area contributed by atoms with Crippen molar-refractivity contribution >= 4 is 23.3 Å². The van der Waals surface area contributed by atoms with E-state index < -0.39 is 24.1 Å². The third kappa shape index (κ3) is 5.91. The van der Waals surface area contributed by atoms with Crippen LogP contribution in [-0.4, -0.2) is 65.5 Å². The Bertz CT molecular complexity index is 988. The number of benzene rings is 2. The van der Waals surface area contributed by atoms with E-state index in [4.69, 9.17) is 10.9 Å². The van der Waals surface area contributed by atoms with E-state index in [1.165, 1.54) is 12.4 Å². The molecule has 0 spiro atoms. The number of rotatable bonds is 4. The number of nitrogens with one attached hydrogen (secondary N) is 2. The first-order valence-electron chi connectivity index (χ1n) is 10.3. The van der Waals surface area contributed by atoms with Crippen molar-refractivity contribution in [2.24, 2.45) is 0 Å². The van der Waals surface area contributed by atoms with Gasteiger partial charge in [-0.1, -0.05) is 11.8 Å². The van der Waals surface area contributed by atoms with E-state index in [2.05, 4.69) is 22.1 Å². The Morgan fingerprint density at radius 2 is 1.50 bits per heavy atom. The van der Waals surface area contributed by atoms with Gasteiger partial charge in [0.1, 0.15) is 6.04 Å². The SMILES string of the molecule is C[C@@H](O)[C@H](NC(=O)N1CCN(c2ccc(C#Cc3ccc(N)cc3)cc2)CC1)C(=O)NO. The van der Waals surface area contributed by atoms with Gasteiger partial charge in [-0.05, 0) is 55.5 Å². The first kappa shape index (κ1) is 22.9. The Balaban J connectivity index is 1.54. The molecule has 2 atom stereocenters. The summed E-state index contributed by atoms with van der Waals surface area (Å²) in [6, 6.07) is 13.6. The van der Waals surface area contributed by atoms with Crippen LogP contribution in [-0.2, 0) is 4.79 Å². The summed E-state index contributed by atoms with van der Waals surface area (Å²) in [6.45, 7) is 3.52. The number of carbonyl (C=O) groups is 2. The number of hydrogen-bond acceptors (Lipinski definition) is 6. The van der Waals surface area contributed by atoms with Crippen molar-refractivity contribution in [2.45, 2.75) is 19.1 Å². The zero-order chi connectivity index (χ0) is 23.1. The van der Waals surface area contributed by atoms with E-state index in [0.29, 0.717) is 31.9 Å². The van der Waals surface area contributed by atoms with Gasteiger partial charge in [-0.3, -0.25) is 10.0 Å². The minimum atomic E-state index is -1.23. The van der Waals surface area contributed by atoms with E-state index in [1.807, 2.05) is 48.5 Å². The van der Waals surface area contributed by atoms with Crippen molar-refractivity contribution in [2.75, 3.05) is 36.8 Å². The third-order valence-electron chi connectivity index (χ3n) is 5.22. The molecule has 9 nitrogen and oxygen atoms in total. The van der Waals surface area contributed by atoms with Gasteiger partial charge in [0.05, 0.1) is 6.10 Å². The number of nitrogens with two attached hydrogens (primary N) is 1. The summed E-state index contributed by atoms with van der Waals surface area (Å²) >= 11 is 0. The van der Waals surface area contributed by atoms with Gasteiger partial charge in [0.15, 0.2) is 0 Å². The van der Waals surface area contributed by atoms with Gasteiger partial charge >= 0.3 is 6.03 Å². The summed E-state index contributed by atoms with van der Waals surface area (Å²) in [5.74, 6) is 5.37. The van der Waals surface area contributed by atoms with Crippen LogP contribution in [0.15, 0.2) is 48.5 Å². The highest BCUT2D eigenvalue weighted by Gasteiger charge is 2.29. The molecule has 0 aromatic heterocycles. The molecule has 168 valence electrons. The smallest absolute Gasteiger partial charge is 0.318 e. The van der Waals surface area contributed by atoms with Crippen molar-refractivity contribution in [3.63, 3.8) is 0 Å². The lowest BCUT2D eigenvalue weighted by atomic mass is 10.1. The number of carbonyl (C=O) groups excluding carboxylic acids is 2. The second-order valence-corrected chi connectivity index (χ2v) is 7.54. The van der Waals surface area contributed by atoms with Crippen molar-refractivity contribution in [1.82, 2.24) is 15.7 Å². The Morgan fingerprint density at radius 1 is 0.969 bits per heavy atom. The predicted octanol–water partition coefficient (Wildman–Crippen LogP) is 0.755. The summed E-state index contributed by atoms with van der Waals surface area (Å²) in [6.07, 6.45) is -1.14. The van der Waals surface area contributed by atoms with E-state index in [1.54, 1.807) is 4.90 Å². The molecule has 1 heterocycles. The molecule has 1 fully saturated rings. The number of aliphatic hydroxyl groups excluding tert-OH is 1. The van der Waals surface area contributed by atoms with Crippen molar-refractivity contribution in [3.05, 3.63) is 59.7 Å². The lowest BCUT2D eigenvalue weighted by Gasteiger charge is -2.36. The second kappa shape index (κ2) is 10.5. The Morgan fingerprint density at radius 3 is 2.00 bits per heavy atom. The Kier molecular flexibility index (Phi) is 7.54. The number of nitrogens with zero attached hydrogens (tertiary/aromatic N) is 2. The Hall–Kier alpha value is -3.74. The average Bonchev–Trinajstić information content (AvgIpc) is 2.82. The van der Waals surface area contributed by atoms with Gasteiger partial charge in [0.2, 0.25) is 0 Å². The zero-order valence-corrected chi connectivity index (χ0v) is 17.8. The Labute approximate surface area is 186 Å². The number of nitrogen functional groups attached to an aromatic ring is 1. The van der Waals surface area contributed by atoms with Crippen LogP contribution in [0.5, 0.6) is 0 Å². The molecular formula is C23H27N5O4. The maximum Gasteiger partial charge on any atom is 0.318 e. The first-order valence-corrected chi connectivity index (χ1v) is 10.3. The van der Waals surface area contributed by atoms with Crippen LogP contribution in [0.4, 0.5) is 16.2 Å². The molecule has 0 bridgehead atoms. The number of anilines is 2. The normalized spacial score (nSPS) is 15.2. The molecular weight excluding hydrogens is 410 g/mol. The molecule has 9 heteroatoms. The van der Waals surface area contributed by atoms with Gasteiger partial charge in [-0.15, -0.1) is 0 Å². The molecule has 3 amide bonds. The predicted molar refractivity (Wildman–Crippen MR) is 121 cm³/mol. The molecule has 0 unspecified atom stereocenters. The number of piperazine rings is 1. The lowest BCUT2D eigenvalue weighted by molar-refractivity contribution is -0.133. The van der Waals surface area contributed by atoms with Crippen LogP contribution in [0.1, 0.15) is 18.1 Å². The third-order valence-corrected chi connectivity index (χ3v) is 5.22. The fraction of sp³-hybridized carbons (Fsp3) is 0.304. The summed E-state index contributed by atoms with van der Waals surface area (Å²) in [4.78, 5) is 27.8. The summed E-state index contributed by atoms with van der Waals surface area (Å²) in [5.41, 5.74) is 10.7. The van der Waals surface area contributed by atoms with Crippen LogP contribution in [0.2, 0.25) is 0 Å². The zero-order valence-electron chi connectivity index (χ0n) is 17.8. The number of amides is 3. The molecule has 1 aliphatic rings. The highest BCUT2D eigenvalue weighted by atomic mass is 16.5. The summed E-state index contributed by atoms with van der Waals surface area (Å²) < 4.78 is 0. The quantitative estimate of drug-likeness (QED) is 0.208. The minimum Gasteiger partial charge on any atom is -0.399 e. The monoisotopic (exact) mass is 437 g/mol. The van der Waals surface area contributed by atoms with Crippen molar-refractivity contribution in [1.29, 1.82) is 0 Å². The number of urea groups is 1. The lowest BCUT2D eigenvalue weighted by Crippen LogP contribution is -2.58. The molecule has 2 aromatic rings. The van der Waals surface area contributed by atoms with Gasteiger partial charge in [0.25, 0.3) is 5.91 Å². The fourth-order valence-electron chi connectivity index (χ4n) is 3.33. The number of hydroxylamine groups is 1. The maximum absolute atomic E-state index is 12.4. The summed E-state index contributed by atoms with van der Waals surface area (Å²) in [7, 11) is 0. The molecule has 32 heavy (non-hydrogen) atoms. The molecule has 0 saturated carbocycles. The van der Waals surface area contributed by atoms with Gasteiger partial charge in [0, 0.05) is 48.7 Å². The highest BCUT2D eigenvalue weighted by molar-refractivity contribution is 5.87. The van der Waals surface area contributed by atoms with Gasteiger partial charge in [-0.25, -0.2) is 10.3 Å². The van der Waals surface area contributed by atoms with Crippen LogP contribution in [0.25, 0.3) is 0 Å². The second-order valence-electron chi connectivity index (χ2n) is 7.54. The number of hydrogen-bond donors (Lipinski definition) is 5. The van der Waals surface area contributed by atoms with Crippen molar-refractivity contribution in [3.8, 4) is 11.8 Å². The molecule has 1 saturated heterocycles. The average molecular weight is 438 g/mol. The summed E-state index contributed by atoms with van der Waals surface area (Å²) in [5, 5.41) is 20.9. The van der Waals surface area contributed by atoms with Crippen LogP contribution in [0, 0.1) is 11.8 Å². The van der Waals surface area contributed by atoms with Gasteiger partial charge < -0.3 is 26.0 Å². The topological polar surface area (TPSA) is 131 Å². The van der Waals surface area contributed by atoms with Crippen molar-refractivity contribution < 1.29 is 19.9 Å². The van der Waals surface area contributed by atoms with E-state index >= 15 is 0 Å². The van der Waals surface area contributed by atoms with Crippen LogP contribution < -0.4 is 21.4 Å². The van der Waals surface area contributed by atoms with Gasteiger partial charge in [-0.2, -0.15) is 0 Å². The van der Waals surface area contributed by atoms with Crippen LogP contribution in [0.3, 0.4) is 0 Å². The minimum absolute atomic E-state index is 0.456. The van der Waals surface area contributed by atoms with E-state index in [9.17, 15) is 14.7 Å². The number of aliphatic hydroxyl groups is 1. The molecule has 3 rings (SSSR count). The fourth-order valence-corrected chi connectivity index (χ4v) is 3.33. The standard InChI is InChI=1S/C23H27N5O4/c1-16(29)21(22(30)26-32)25-23(31)28-14-12-27(13-15-28)20-10-6-18(7-11-20)3-2-17-4-8-19(24)9-5-17/h4-11,16,21,29,32H,12-15,24H2,1H3,(H,25,31)(H,26,30)/t16-,21+/m1/s1. The first-order chi connectivity index (χ1) is 15.4. The highest BCUT2D eigenvalue weighted by Crippen LogP contribution is 2.17. The molecule has 6 N–H and O–H groups in total. The molecule has 0 aliphatic carbocycles.